The Morgan fingerprint density at radius 1 is 1.33 bits per heavy atom. The first kappa shape index (κ1) is 7.32. The molecule has 2 atom stereocenters. The minimum Gasteiger partial charge on any atom is -0.271 e. The number of nitrogens with two attached hydrogens (primary N) is 1. The quantitative estimate of drug-likeness (QED) is 0.331. The molecular weight excluding hydrogens is 136 g/mol. The van der Waals surface area contributed by atoms with Crippen LogP contribution < -0.4 is 11.3 Å². The molecule has 1 aliphatic rings. The Kier molecular flexibility index (Phi) is 2.76. The van der Waals surface area contributed by atoms with Crippen molar-refractivity contribution in [3.05, 3.63) is 0 Å². The molecule has 0 spiro atoms. The largest absolute Gasteiger partial charge is 0.271 e. The second-order valence-corrected chi connectivity index (χ2v) is 3.13. The van der Waals surface area contributed by atoms with E-state index in [1.165, 1.54) is 12.8 Å². The molecule has 0 aromatic rings. The van der Waals surface area contributed by atoms with Gasteiger partial charge >= 0.3 is 0 Å². The van der Waals surface area contributed by atoms with Crippen molar-refractivity contribution in [2.75, 3.05) is 0 Å². The molecule has 0 aromatic heterocycles. The summed E-state index contributed by atoms with van der Waals surface area (Å²) in [6.07, 6.45) is 4.76. The number of rotatable bonds is 1. The maximum absolute atomic E-state index is 5.94. The molecule has 0 aromatic carbocycles. The first-order valence-corrected chi connectivity index (χ1v) is 3.88. The van der Waals surface area contributed by atoms with Gasteiger partial charge in [0.15, 0.2) is 0 Å². The molecular formula is C6H13ClN2. The van der Waals surface area contributed by atoms with E-state index < -0.39 is 0 Å². The Morgan fingerprint density at radius 3 is 2.44 bits per heavy atom. The monoisotopic (exact) mass is 148 g/mol. The van der Waals surface area contributed by atoms with E-state index in [0.29, 0.717) is 6.04 Å². The third-order valence-electron chi connectivity index (χ3n) is 1.90. The summed E-state index contributed by atoms with van der Waals surface area (Å²) in [5.41, 5.74) is 2.72. The molecule has 1 saturated carbocycles. The van der Waals surface area contributed by atoms with E-state index in [1.54, 1.807) is 0 Å². The molecule has 2 nitrogen and oxygen atoms in total. The van der Waals surface area contributed by atoms with Crippen LogP contribution in [-0.2, 0) is 0 Å². The lowest BCUT2D eigenvalue weighted by molar-refractivity contribution is 0.385. The fourth-order valence-electron chi connectivity index (χ4n) is 1.27. The average Bonchev–Trinajstić information content (AvgIpc) is 1.89. The summed E-state index contributed by atoms with van der Waals surface area (Å²) in [5.74, 6) is 5.26. The Labute approximate surface area is 60.7 Å². The smallest absolute Gasteiger partial charge is 0.0502 e. The highest BCUT2D eigenvalue weighted by Crippen LogP contribution is 2.21. The molecule has 9 heavy (non-hydrogen) atoms. The van der Waals surface area contributed by atoms with Crippen molar-refractivity contribution < 1.29 is 0 Å². The van der Waals surface area contributed by atoms with E-state index in [2.05, 4.69) is 5.43 Å². The van der Waals surface area contributed by atoms with Gasteiger partial charge < -0.3 is 0 Å². The van der Waals surface area contributed by atoms with Crippen LogP contribution in [0, 0.1) is 0 Å². The van der Waals surface area contributed by atoms with Gasteiger partial charge in [0.2, 0.25) is 0 Å². The molecule has 1 aliphatic carbocycles. The van der Waals surface area contributed by atoms with E-state index in [-0.39, 0.29) is 5.38 Å². The van der Waals surface area contributed by atoms with E-state index in [0.717, 1.165) is 12.8 Å². The van der Waals surface area contributed by atoms with Crippen LogP contribution in [0.5, 0.6) is 0 Å². The summed E-state index contributed by atoms with van der Waals surface area (Å²) < 4.78 is 0. The van der Waals surface area contributed by atoms with E-state index in [1.807, 2.05) is 0 Å². The van der Waals surface area contributed by atoms with Crippen LogP contribution in [0.15, 0.2) is 0 Å². The first-order chi connectivity index (χ1) is 4.34. The van der Waals surface area contributed by atoms with Gasteiger partial charge in [-0.1, -0.05) is 12.8 Å². The molecule has 0 radical (unpaired) electrons. The van der Waals surface area contributed by atoms with Crippen LogP contribution in [0.3, 0.4) is 0 Å². The van der Waals surface area contributed by atoms with Crippen LogP contribution >= 0.6 is 11.6 Å². The van der Waals surface area contributed by atoms with Gasteiger partial charge in [-0.05, 0) is 12.8 Å². The van der Waals surface area contributed by atoms with Crippen LogP contribution in [0.1, 0.15) is 25.7 Å². The van der Waals surface area contributed by atoms with Crippen molar-refractivity contribution in [2.24, 2.45) is 5.84 Å². The van der Waals surface area contributed by atoms with E-state index in [9.17, 15) is 0 Å². The number of hydrogen-bond acceptors (Lipinski definition) is 2. The van der Waals surface area contributed by atoms with Crippen LogP contribution in [-0.4, -0.2) is 11.4 Å². The zero-order chi connectivity index (χ0) is 6.69. The SMILES string of the molecule is NN[C@H]1CCCC[C@H]1Cl. The average molecular weight is 149 g/mol. The first-order valence-electron chi connectivity index (χ1n) is 3.45. The zero-order valence-corrected chi connectivity index (χ0v) is 6.19. The lowest BCUT2D eigenvalue weighted by Gasteiger charge is -2.25. The number of alkyl halides is 1. The van der Waals surface area contributed by atoms with Gasteiger partial charge in [-0.25, -0.2) is 0 Å². The fourth-order valence-corrected chi connectivity index (χ4v) is 1.63. The van der Waals surface area contributed by atoms with Gasteiger partial charge in [-0.15, -0.1) is 11.6 Å². The second-order valence-electron chi connectivity index (χ2n) is 2.57. The molecule has 0 bridgehead atoms. The lowest BCUT2D eigenvalue weighted by atomic mass is 9.96. The summed E-state index contributed by atoms with van der Waals surface area (Å²) in [7, 11) is 0. The summed E-state index contributed by atoms with van der Waals surface area (Å²) in [6.45, 7) is 0. The van der Waals surface area contributed by atoms with Crippen molar-refractivity contribution in [3.8, 4) is 0 Å². The number of halogens is 1. The van der Waals surface area contributed by atoms with Gasteiger partial charge in [-0.3, -0.25) is 11.3 Å². The summed E-state index contributed by atoms with van der Waals surface area (Å²) in [6, 6.07) is 0.348. The number of nitrogens with one attached hydrogen (secondary N) is 1. The topological polar surface area (TPSA) is 38.0 Å². The summed E-state index contributed by atoms with van der Waals surface area (Å²) >= 11 is 5.94. The van der Waals surface area contributed by atoms with Gasteiger partial charge in [0.05, 0.1) is 5.38 Å². The molecule has 1 fully saturated rings. The second kappa shape index (κ2) is 3.40. The van der Waals surface area contributed by atoms with Crippen molar-refractivity contribution in [1.82, 2.24) is 5.43 Å². The zero-order valence-electron chi connectivity index (χ0n) is 5.44. The highest BCUT2D eigenvalue weighted by Gasteiger charge is 2.20. The Morgan fingerprint density at radius 2 is 2.00 bits per heavy atom. The molecule has 0 amide bonds. The molecule has 1 rings (SSSR count). The van der Waals surface area contributed by atoms with Gasteiger partial charge in [-0.2, -0.15) is 0 Å². The predicted octanol–water partition coefficient (Wildman–Crippen LogP) is 1.000. The van der Waals surface area contributed by atoms with Gasteiger partial charge in [0, 0.05) is 6.04 Å². The van der Waals surface area contributed by atoms with E-state index >= 15 is 0 Å². The molecule has 0 heterocycles. The summed E-state index contributed by atoms with van der Waals surface area (Å²) in [5, 5.41) is 0.253. The van der Waals surface area contributed by atoms with Crippen molar-refractivity contribution in [2.45, 2.75) is 37.1 Å². The third kappa shape index (κ3) is 1.81. The third-order valence-corrected chi connectivity index (χ3v) is 2.42. The fraction of sp³-hybridized carbons (Fsp3) is 1.00. The maximum atomic E-state index is 5.94. The van der Waals surface area contributed by atoms with Crippen LogP contribution in [0.2, 0.25) is 0 Å². The van der Waals surface area contributed by atoms with Crippen molar-refractivity contribution >= 4 is 11.6 Å². The van der Waals surface area contributed by atoms with Crippen molar-refractivity contribution in [1.29, 1.82) is 0 Å². The molecule has 54 valence electrons. The van der Waals surface area contributed by atoms with E-state index in [4.69, 9.17) is 17.4 Å². The predicted molar refractivity (Wildman–Crippen MR) is 39.2 cm³/mol. The van der Waals surface area contributed by atoms with Crippen LogP contribution in [0.25, 0.3) is 0 Å². The Bertz CT molecular complexity index is 87.1. The molecule has 3 heteroatoms. The lowest BCUT2D eigenvalue weighted by Crippen LogP contribution is -2.43. The van der Waals surface area contributed by atoms with Crippen LogP contribution in [0.4, 0.5) is 0 Å². The number of hydrogen-bond donors (Lipinski definition) is 2. The minimum atomic E-state index is 0.253. The Hall–Kier alpha value is 0.210. The minimum absolute atomic E-state index is 0.253. The molecule has 3 N–H and O–H groups in total. The normalized spacial score (nSPS) is 36.7. The maximum Gasteiger partial charge on any atom is 0.0502 e. The molecule has 0 unspecified atom stereocenters. The summed E-state index contributed by atoms with van der Waals surface area (Å²) in [4.78, 5) is 0. The molecule has 0 aliphatic heterocycles. The van der Waals surface area contributed by atoms with Gasteiger partial charge in [0.25, 0.3) is 0 Å². The highest BCUT2D eigenvalue weighted by atomic mass is 35.5. The van der Waals surface area contributed by atoms with Crippen molar-refractivity contribution in [3.63, 3.8) is 0 Å². The highest BCUT2D eigenvalue weighted by molar-refractivity contribution is 6.21. The number of hydrazine groups is 1. The molecule has 0 saturated heterocycles. The Balaban J connectivity index is 2.30. The standard InChI is InChI=1S/C6H13ClN2/c7-5-3-1-2-4-6(5)9-8/h5-6,9H,1-4,8H2/t5-,6+/m1/s1. The van der Waals surface area contributed by atoms with Gasteiger partial charge in [0.1, 0.15) is 0 Å².